The molecule has 0 saturated carbocycles. The lowest BCUT2D eigenvalue weighted by Gasteiger charge is -2.13. The van der Waals surface area contributed by atoms with Crippen molar-refractivity contribution in [1.82, 2.24) is 5.32 Å². The molecule has 2 N–H and O–H groups in total. The number of anilines is 1. The van der Waals surface area contributed by atoms with E-state index in [2.05, 4.69) is 10.6 Å². The standard InChI is InChI=1S/C11H15ClFN3O2/c1-7(5-14-2)6-15-10-4-9(13)8(12)3-11(10)16(17)18/h3-4,7,14-15H,5-6H2,1-2H3. The molecule has 0 saturated heterocycles. The van der Waals surface area contributed by atoms with Crippen molar-refractivity contribution in [3.8, 4) is 0 Å². The third-order valence-electron chi connectivity index (χ3n) is 2.43. The van der Waals surface area contributed by atoms with Gasteiger partial charge < -0.3 is 10.6 Å². The zero-order valence-corrected chi connectivity index (χ0v) is 10.9. The second kappa shape index (κ2) is 6.51. The molecule has 0 aromatic heterocycles. The lowest BCUT2D eigenvalue weighted by atomic mass is 10.1. The van der Waals surface area contributed by atoms with Crippen molar-refractivity contribution in [2.45, 2.75) is 6.92 Å². The number of benzene rings is 1. The third kappa shape index (κ3) is 3.82. The van der Waals surface area contributed by atoms with Gasteiger partial charge in [-0.1, -0.05) is 18.5 Å². The molecule has 7 heteroatoms. The smallest absolute Gasteiger partial charge is 0.294 e. The SMILES string of the molecule is CNCC(C)CNc1cc(F)c(Cl)cc1[N+](=O)[O-]. The molecule has 18 heavy (non-hydrogen) atoms. The lowest BCUT2D eigenvalue weighted by Crippen LogP contribution is -2.23. The van der Waals surface area contributed by atoms with Crippen molar-refractivity contribution in [3.05, 3.63) is 33.1 Å². The van der Waals surface area contributed by atoms with Crippen molar-refractivity contribution in [1.29, 1.82) is 0 Å². The van der Waals surface area contributed by atoms with Crippen LogP contribution in [-0.4, -0.2) is 25.1 Å². The first-order chi connectivity index (χ1) is 8.45. The third-order valence-corrected chi connectivity index (χ3v) is 2.72. The predicted octanol–water partition coefficient (Wildman–Crippen LogP) is 2.65. The minimum Gasteiger partial charge on any atom is -0.379 e. The predicted molar refractivity (Wildman–Crippen MR) is 69.6 cm³/mol. The molecule has 1 rings (SSSR count). The van der Waals surface area contributed by atoms with Crippen LogP contribution in [0.3, 0.4) is 0 Å². The van der Waals surface area contributed by atoms with Crippen molar-refractivity contribution >= 4 is 23.0 Å². The van der Waals surface area contributed by atoms with E-state index in [0.29, 0.717) is 6.54 Å². The molecule has 0 spiro atoms. The largest absolute Gasteiger partial charge is 0.379 e. The fraction of sp³-hybridized carbons (Fsp3) is 0.455. The van der Waals surface area contributed by atoms with Crippen molar-refractivity contribution < 1.29 is 9.31 Å². The highest BCUT2D eigenvalue weighted by molar-refractivity contribution is 6.31. The van der Waals surface area contributed by atoms with E-state index in [4.69, 9.17) is 11.6 Å². The van der Waals surface area contributed by atoms with E-state index in [-0.39, 0.29) is 22.3 Å². The normalized spacial score (nSPS) is 12.2. The molecule has 0 radical (unpaired) electrons. The number of nitrogens with one attached hydrogen (secondary N) is 2. The van der Waals surface area contributed by atoms with Gasteiger partial charge in [-0.2, -0.15) is 0 Å². The van der Waals surface area contributed by atoms with E-state index in [0.717, 1.165) is 18.7 Å². The molecule has 1 aromatic carbocycles. The summed E-state index contributed by atoms with van der Waals surface area (Å²) in [4.78, 5) is 10.2. The van der Waals surface area contributed by atoms with Crippen molar-refractivity contribution in [2.24, 2.45) is 5.92 Å². The summed E-state index contributed by atoms with van der Waals surface area (Å²) in [6, 6.07) is 2.06. The highest BCUT2D eigenvalue weighted by atomic mass is 35.5. The minimum atomic E-state index is -0.675. The van der Waals surface area contributed by atoms with Crippen LogP contribution in [0, 0.1) is 21.8 Å². The Kier molecular flexibility index (Phi) is 5.30. The Hall–Kier alpha value is -1.40. The summed E-state index contributed by atoms with van der Waals surface area (Å²) < 4.78 is 13.3. The number of halogens is 2. The average Bonchev–Trinajstić information content (AvgIpc) is 2.30. The molecular weight excluding hydrogens is 261 g/mol. The highest BCUT2D eigenvalue weighted by Gasteiger charge is 2.17. The van der Waals surface area contributed by atoms with Gasteiger partial charge in [0.25, 0.3) is 5.69 Å². The minimum absolute atomic E-state index is 0.143. The topological polar surface area (TPSA) is 67.2 Å². The summed E-state index contributed by atoms with van der Waals surface area (Å²) in [5, 5.41) is 16.4. The van der Waals surface area contributed by atoms with Crippen molar-refractivity contribution in [3.63, 3.8) is 0 Å². The van der Waals surface area contributed by atoms with Gasteiger partial charge in [-0.05, 0) is 19.5 Å². The molecule has 0 heterocycles. The Morgan fingerprint density at radius 1 is 1.50 bits per heavy atom. The Balaban J connectivity index is 2.86. The zero-order valence-electron chi connectivity index (χ0n) is 10.2. The number of hydrogen-bond donors (Lipinski definition) is 2. The molecule has 1 unspecified atom stereocenters. The van der Waals surface area contributed by atoms with Gasteiger partial charge in [0.2, 0.25) is 0 Å². The molecule has 0 aliphatic rings. The lowest BCUT2D eigenvalue weighted by molar-refractivity contribution is -0.384. The molecular formula is C11H15ClFN3O2. The number of hydrogen-bond acceptors (Lipinski definition) is 4. The second-order valence-electron chi connectivity index (χ2n) is 4.08. The maximum atomic E-state index is 13.3. The molecule has 1 aromatic rings. The summed E-state index contributed by atoms with van der Waals surface area (Å²) in [6.07, 6.45) is 0. The first-order valence-electron chi connectivity index (χ1n) is 5.47. The van der Waals surface area contributed by atoms with Crippen LogP contribution in [0.4, 0.5) is 15.8 Å². The summed E-state index contributed by atoms with van der Waals surface area (Å²) in [5.74, 6) is -0.417. The quantitative estimate of drug-likeness (QED) is 0.619. The van der Waals surface area contributed by atoms with Crippen LogP contribution in [-0.2, 0) is 0 Å². The summed E-state index contributed by atoms with van der Waals surface area (Å²) in [7, 11) is 1.82. The van der Waals surface area contributed by atoms with E-state index in [9.17, 15) is 14.5 Å². The first kappa shape index (κ1) is 14.7. The van der Waals surface area contributed by atoms with Crippen LogP contribution in [0.15, 0.2) is 12.1 Å². The highest BCUT2D eigenvalue weighted by Crippen LogP contribution is 2.30. The molecule has 5 nitrogen and oxygen atoms in total. The van der Waals surface area contributed by atoms with Crippen LogP contribution >= 0.6 is 11.6 Å². The summed E-state index contributed by atoms with van der Waals surface area (Å²) >= 11 is 5.53. The van der Waals surface area contributed by atoms with Crippen LogP contribution in [0.5, 0.6) is 0 Å². The van der Waals surface area contributed by atoms with Gasteiger partial charge in [-0.15, -0.1) is 0 Å². The van der Waals surface area contributed by atoms with Gasteiger partial charge in [0.1, 0.15) is 11.5 Å². The molecule has 1 atom stereocenters. The number of nitro groups is 1. The fourth-order valence-electron chi connectivity index (χ4n) is 1.53. The molecule has 0 aliphatic heterocycles. The van der Waals surface area contributed by atoms with Crippen LogP contribution in [0.2, 0.25) is 5.02 Å². The van der Waals surface area contributed by atoms with E-state index in [1.54, 1.807) is 0 Å². The fourth-order valence-corrected chi connectivity index (χ4v) is 1.69. The van der Waals surface area contributed by atoms with Crippen molar-refractivity contribution in [2.75, 3.05) is 25.5 Å². The van der Waals surface area contributed by atoms with E-state index < -0.39 is 10.7 Å². The molecule has 0 aliphatic carbocycles. The Morgan fingerprint density at radius 3 is 2.72 bits per heavy atom. The summed E-state index contributed by atoms with van der Waals surface area (Å²) in [6.45, 7) is 3.24. The molecule has 0 amide bonds. The Labute approximate surface area is 109 Å². The number of nitro benzene ring substituents is 1. The van der Waals surface area contributed by atoms with Gasteiger partial charge in [0.05, 0.1) is 9.95 Å². The van der Waals surface area contributed by atoms with E-state index >= 15 is 0 Å². The van der Waals surface area contributed by atoms with Crippen LogP contribution < -0.4 is 10.6 Å². The van der Waals surface area contributed by atoms with Gasteiger partial charge in [-0.3, -0.25) is 10.1 Å². The maximum absolute atomic E-state index is 13.3. The second-order valence-corrected chi connectivity index (χ2v) is 4.49. The average molecular weight is 276 g/mol. The molecule has 0 bridgehead atoms. The Bertz CT molecular complexity index is 443. The van der Waals surface area contributed by atoms with Gasteiger partial charge in [-0.25, -0.2) is 4.39 Å². The number of nitrogens with zero attached hydrogens (tertiary/aromatic N) is 1. The van der Waals surface area contributed by atoms with Gasteiger partial charge in [0, 0.05) is 18.7 Å². The molecule has 100 valence electrons. The Morgan fingerprint density at radius 2 is 2.17 bits per heavy atom. The molecule has 0 fully saturated rings. The van der Waals surface area contributed by atoms with E-state index in [1.807, 2.05) is 14.0 Å². The zero-order chi connectivity index (χ0) is 13.7. The van der Waals surface area contributed by atoms with Crippen LogP contribution in [0.25, 0.3) is 0 Å². The number of rotatable bonds is 6. The van der Waals surface area contributed by atoms with Gasteiger partial charge in [0.15, 0.2) is 0 Å². The first-order valence-corrected chi connectivity index (χ1v) is 5.85. The monoisotopic (exact) mass is 275 g/mol. The van der Waals surface area contributed by atoms with E-state index in [1.165, 1.54) is 0 Å². The summed E-state index contributed by atoms with van der Waals surface area (Å²) in [5.41, 5.74) is -0.0806. The van der Waals surface area contributed by atoms with Gasteiger partial charge >= 0.3 is 0 Å². The maximum Gasteiger partial charge on any atom is 0.294 e. The van der Waals surface area contributed by atoms with Crippen LogP contribution in [0.1, 0.15) is 6.92 Å².